The van der Waals surface area contributed by atoms with E-state index in [1.54, 1.807) is 0 Å². The van der Waals surface area contributed by atoms with E-state index in [9.17, 15) is 13.2 Å². The SMILES string of the molecule is CC1CN(CC(=O)NC2(C)CCS(=O)(=O)C2)CCN1. The summed E-state index contributed by atoms with van der Waals surface area (Å²) in [5.74, 6) is 0.159. The van der Waals surface area contributed by atoms with Crippen molar-refractivity contribution in [1.82, 2.24) is 15.5 Å². The van der Waals surface area contributed by atoms with Crippen LogP contribution in [-0.2, 0) is 14.6 Å². The molecule has 0 aromatic heterocycles. The Hall–Kier alpha value is -0.660. The molecule has 2 rings (SSSR count). The van der Waals surface area contributed by atoms with Gasteiger partial charge in [0.2, 0.25) is 5.91 Å². The molecule has 2 aliphatic heterocycles. The smallest absolute Gasteiger partial charge is 0.234 e. The summed E-state index contributed by atoms with van der Waals surface area (Å²) < 4.78 is 23.0. The fraction of sp³-hybridized carbons (Fsp3) is 0.917. The molecular formula is C12H23N3O3S. The van der Waals surface area contributed by atoms with Crippen molar-refractivity contribution >= 4 is 15.7 Å². The van der Waals surface area contributed by atoms with E-state index in [-0.39, 0.29) is 17.4 Å². The first-order valence-corrected chi connectivity index (χ1v) is 8.57. The van der Waals surface area contributed by atoms with Gasteiger partial charge in [0.1, 0.15) is 0 Å². The molecule has 0 aromatic carbocycles. The second-order valence-electron chi connectivity index (χ2n) is 6.04. The molecule has 6 nitrogen and oxygen atoms in total. The van der Waals surface area contributed by atoms with Gasteiger partial charge in [-0.15, -0.1) is 0 Å². The van der Waals surface area contributed by atoms with Crippen LogP contribution in [0.5, 0.6) is 0 Å². The summed E-state index contributed by atoms with van der Waals surface area (Å²) in [6.45, 7) is 6.85. The summed E-state index contributed by atoms with van der Waals surface area (Å²) in [5.41, 5.74) is -0.588. The average Bonchev–Trinajstić information content (AvgIpc) is 2.52. The van der Waals surface area contributed by atoms with Crippen molar-refractivity contribution in [2.45, 2.75) is 31.8 Å². The van der Waals surface area contributed by atoms with Gasteiger partial charge in [0.05, 0.1) is 23.6 Å². The van der Waals surface area contributed by atoms with Crippen LogP contribution in [0, 0.1) is 0 Å². The second kappa shape index (κ2) is 5.38. The Morgan fingerprint density at radius 1 is 1.53 bits per heavy atom. The zero-order valence-electron chi connectivity index (χ0n) is 11.6. The standard InChI is InChI=1S/C12H23N3O3S/c1-10-7-15(5-4-13-10)8-11(16)14-12(2)3-6-19(17,18)9-12/h10,13H,3-9H2,1-2H3,(H,14,16). The van der Waals surface area contributed by atoms with Crippen LogP contribution in [0.2, 0.25) is 0 Å². The Morgan fingerprint density at radius 3 is 2.84 bits per heavy atom. The number of sulfone groups is 1. The van der Waals surface area contributed by atoms with Crippen molar-refractivity contribution in [1.29, 1.82) is 0 Å². The lowest BCUT2D eigenvalue weighted by molar-refractivity contribution is -0.124. The van der Waals surface area contributed by atoms with Crippen LogP contribution < -0.4 is 10.6 Å². The number of rotatable bonds is 3. The first-order chi connectivity index (χ1) is 8.78. The Morgan fingerprint density at radius 2 is 2.26 bits per heavy atom. The van der Waals surface area contributed by atoms with E-state index in [1.165, 1.54) is 0 Å². The molecule has 0 aromatic rings. The predicted molar refractivity (Wildman–Crippen MR) is 73.7 cm³/mol. The predicted octanol–water partition coefficient (Wildman–Crippen LogP) is -1.03. The maximum Gasteiger partial charge on any atom is 0.234 e. The Balaban J connectivity index is 1.84. The van der Waals surface area contributed by atoms with Gasteiger partial charge in [-0.2, -0.15) is 0 Å². The van der Waals surface area contributed by atoms with Crippen LogP contribution in [0.1, 0.15) is 20.3 Å². The molecule has 19 heavy (non-hydrogen) atoms. The minimum absolute atomic E-state index is 0.0592. The third-order valence-corrected chi connectivity index (χ3v) is 5.67. The van der Waals surface area contributed by atoms with Crippen molar-refractivity contribution in [3.05, 3.63) is 0 Å². The van der Waals surface area contributed by atoms with Crippen molar-refractivity contribution in [3.8, 4) is 0 Å². The Labute approximate surface area is 114 Å². The zero-order chi connectivity index (χ0) is 14.1. The first kappa shape index (κ1) is 14.7. The van der Waals surface area contributed by atoms with Crippen molar-refractivity contribution in [2.75, 3.05) is 37.7 Å². The highest BCUT2D eigenvalue weighted by Gasteiger charge is 2.39. The number of nitrogens with zero attached hydrogens (tertiary/aromatic N) is 1. The third-order valence-electron chi connectivity index (χ3n) is 3.76. The number of piperazine rings is 1. The Bertz CT molecular complexity index is 451. The lowest BCUT2D eigenvalue weighted by atomic mass is 10.0. The second-order valence-corrected chi connectivity index (χ2v) is 8.23. The monoisotopic (exact) mass is 289 g/mol. The van der Waals surface area contributed by atoms with E-state index in [4.69, 9.17) is 0 Å². The highest BCUT2D eigenvalue weighted by molar-refractivity contribution is 7.91. The van der Waals surface area contributed by atoms with E-state index < -0.39 is 15.4 Å². The minimum atomic E-state index is -2.98. The van der Waals surface area contributed by atoms with Crippen molar-refractivity contribution in [2.24, 2.45) is 0 Å². The molecule has 2 fully saturated rings. The summed E-state index contributed by atoms with van der Waals surface area (Å²) in [6, 6.07) is 0.393. The van der Waals surface area contributed by atoms with Crippen LogP contribution in [0.4, 0.5) is 0 Å². The highest BCUT2D eigenvalue weighted by Crippen LogP contribution is 2.22. The van der Waals surface area contributed by atoms with E-state index >= 15 is 0 Å². The number of hydrogen-bond donors (Lipinski definition) is 2. The fourth-order valence-electron chi connectivity index (χ4n) is 2.84. The van der Waals surface area contributed by atoms with Crippen molar-refractivity contribution in [3.63, 3.8) is 0 Å². The van der Waals surface area contributed by atoms with Crippen molar-refractivity contribution < 1.29 is 13.2 Å². The van der Waals surface area contributed by atoms with Crippen LogP contribution in [0.25, 0.3) is 0 Å². The molecule has 2 atom stereocenters. The number of nitrogens with one attached hydrogen (secondary N) is 2. The molecule has 2 heterocycles. The van der Waals surface area contributed by atoms with E-state index in [2.05, 4.69) is 22.5 Å². The van der Waals surface area contributed by atoms with Gasteiger partial charge in [-0.05, 0) is 20.3 Å². The Kier molecular flexibility index (Phi) is 4.17. The lowest BCUT2D eigenvalue weighted by Gasteiger charge is -2.32. The molecule has 0 spiro atoms. The van der Waals surface area contributed by atoms with Gasteiger partial charge in [0.15, 0.2) is 9.84 Å². The third kappa shape index (κ3) is 4.15. The molecule has 1 amide bonds. The number of hydrogen-bond acceptors (Lipinski definition) is 5. The van der Waals surface area contributed by atoms with Gasteiger partial charge in [-0.25, -0.2) is 8.42 Å². The molecule has 2 N–H and O–H groups in total. The van der Waals surface area contributed by atoms with Gasteiger partial charge in [0.25, 0.3) is 0 Å². The van der Waals surface area contributed by atoms with E-state index in [0.29, 0.717) is 19.0 Å². The summed E-state index contributed by atoms with van der Waals surface area (Å²) in [4.78, 5) is 14.1. The topological polar surface area (TPSA) is 78.5 Å². The van der Waals surface area contributed by atoms with Gasteiger partial charge in [0, 0.05) is 25.7 Å². The summed E-state index contributed by atoms with van der Waals surface area (Å²) >= 11 is 0. The molecule has 0 saturated carbocycles. The van der Waals surface area contributed by atoms with Crippen LogP contribution in [-0.4, -0.2) is 68.5 Å². The lowest BCUT2D eigenvalue weighted by Crippen LogP contribution is -2.55. The van der Waals surface area contributed by atoms with Crippen LogP contribution in [0.3, 0.4) is 0 Å². The van der Waals surface area contributed by atoms with E-state index in [0.717, 1.165) is 19.6 Å². The average molecular weight is 289 g/mol. The molecule has 0 radical (unpaired) electrons. The molecule has 2 aliphatic rings. The van der Waals surface area contributed by atoms with Gasteiger partial charge < -0.3 is 10.6 Å². The largest absolute Gasteiger partial charge is 0.349 e. The maximum absolute atomic E-state index is 12.0. The summed E-state index contributed by atoms with van der Waals surface area (Å²) in [5, 5.41) is 6.22. The van der Waals surface area contributed by atoms with Gasteiger partial charge in [-0.1, -0.05) is 0 Å². The minimum Gasteiger partial charge on any atom is -0.349 e. The molecule has 7 heteroatoms. The highest BCUT2D eigenvalue weighted by atomic mass is 32.2. The van der Waals surface area contributed by atoms with Crippen LogP contribution in [0.15, 0.2) is 0 Å². The quantitative estimate of drug-likeness (QED) is 0.695. The molecular weight excluding hydrogens is 266 g/mol. The summed E-state index contributed by atoms with van der Waals surface area (Å²) in [7, 11) is -2.98. The molecule has 0 bridgehead atoms. The van der Waals surface area contributed by atoms with Gasteiger partial charge >= 0.3 is 0 Å². The van der Waals surface area contributed by atoms with Crippen LogP contribution >= 0.6 is 0 Å². The molecule has 0 aliphatic carbocycles. The zero-order valence-corrected chi connectivity index (χ0v) is 12.4. The number of carbonyl (C=O) groups excluding carboxylic acids is 1. The van der Waals surface area contributed by atoms with Gasteiger partial charge in [-0.3, -0.25) is 9.69 Å². The molecule has 2 unspecified atom stereocenters. The number of amides is 1. The molecule has 110 valence electrons. The normalized spacial score (nSPS) is 35.2. The maximum atomic E-state index is 12.0. The summed E-state index contributed by atoms with van der Waals surface area (Å²) in [6.07, 6.45) is 0.513. The van der Waals surface area contributed by atoms with E-state index in [1.807, 2.05) is 6.92 Å². The molecule has 2 saturated heterocycles. The first-order valence-electron chi connectivity index (χ1n) is 6.75. The fourth-order valence-corrected chi connectivity index (χ4v) is 4.94. The number of carbonyl (C=O) groups is 1.